The molecule has 0 spiro atoms. The number of hydrogen-bond acceptors (Lipinski definition) is 1. The van der Waals surface area contributed by atoms with Gasteiger partial charge in [0.05, 0.1) is 10.7 Å². The summed E-state index contributed by atoms with van der Waals surface area (Å²) in [5, 5.41) is 0.809. The molecule has 0 atom stereocenters. The Morgan fingerprint density at radius 3 is 2.59 bits per heavy atom. The van der Waals surface area contributed by atoms with Crippen LogP contribution < -0.4 is 4.90 Å². The normalized spacial score (nSPS) is 16.4. The molecule has 2 rings (SSSR count). The Morgan fingerprint density at radius 2 is 2.00 bits per heavy atom. The molecule has 0 bridgehead atoms. The molecule has 94 valence electrons. The van der Waals surface area contributed by atoms with Crippen LogP contribution in [0.3, 0.4) is 0 Å². The number of nitrogens with zero attached hydrogens (tertiary/aromatic N) is 1. The fourth-order valence-electron chi connectivity index (χ4n) is 2.62. The lowest BCUT2D eigenvalue weighted by Gasteiger charge is -2.24. The van der Waals surface area contributed by atoms with Crippen LogP contribution in [0.4, 0.5) is 5.69 Å². The molecule has 1 aliphatic carbocycles. The van der Waals surface area contributed by atoms with Crippen molar-refractivity contribution in [3.05, 3.63) is 28.8 Å². The fourth-order valence-corrected chi connectivity index (χ4v) is 3.14. The van der Waals surface area contributed by atoms with Crippen LogP contribution in [0.5, 0.6) is 0 Å². The standard InChI is InChI=1S/C14H19Cl2N/c1-17(10-11-4-2-3-5-11)14-7-6-12(9-15)8-13(14)16/h6-8,11H,2-5,9-10H2,1H3. The van der Waals surface area contributed by atoms with Crippen molar-refractivity contribution in [3.63, 3.8) is 0 Å². The van der Waals surface area contributed by atoms with E-state index in [2.05, 4.69) is 24.1 Å². The van der Waals surface area contributed by atoms with Crippen molar-refractivity contribution < 1.29 is 0 Å². The van der Waals surface area contributed by atoms with Crippen LogP contribution in [0.1, 0.15) is 31.2 Å². The van der Waals surface area contributed by atoms with Gasteiger partial charge in [0.15, 0.2) is 0 Å². The van der Waals surface area contributed by atoms with Crippen molar-refractivity contribution in [1.82, 2.24) is 0 Å². The Hall–Kier alpha value is -0.400. The predicted molar refractivity (Wildman–Crippen MR) is 76.2 cm³/mol. The summed E-state index contributed by atoms with van der Waals surface area (Å²) in [6, 6.07) is 6.10. The van der Waals surface area contributed by atoms with E-state index in [1.807, 2.05) is 6.07 Å². The average molecular weight is 272 g/mol. The van der Waals surface area contributed by atoms with E-state index in [1.165, 1.54) is 25.7 Å². The molecular formula is C14H19Cl2N. The summed E-state index contributed by atoms with van der Waals surface area (Å²) in [5.41, 5.74) is 2.20. The van der Waals surface area contributed by atoms with Crippen molar-refractivity contribution in [3.8, 4) is 0 Å². The second-order valence-corrected chi connectivity index (χ2v) is 5.62. The van der Waals surface area contributed by atoms with E-state index in [0.29, 0.717) is 5.88 Å². The zero-order valence-electron chi connectivity index (χ0n) is 10.3. The van der Waals surface area contributed by atoms with Crippen molar-refractivity contribution >= 4 is 28.9 Å². The zero-order valence-corrected chi connectivity index (χ0v) is 11.8. The third-order valence-electron chi connectivity index (χ3n) is 3.58. The highest BCUT2D eigenvalue weighted by atomic mass is 35.5. The topological polar surface area (TPSA) is 3.24 Å². The van der Waals surface area contributed by atoms with Crippen LogP contribution in [0.2, 0.25) is 5.02 Å². The Balaban J connectivity index is 2.04. The zero-order chi connectivity index (χ0) is 12.3. The summed E-state index contributed by atoms with van der Waals surface area (Å²) in [6.45, 7) is 1.11. The lowest BCUT2D eigenvalue weighted by Crippen LogP contribution is -2.24. The number of rotatable bonds is 4. The molecule has 0 heterocycles. The summed E-state index contributed by atoms with van der Waals surface area (Å²) < 4.78 is 0. The van der Waals surface area contributed by atoms with Crippen LogP contribution >= 0.6 is 23.2 Å². The lowest BCUT2D eigenvalue weighted by atomic mass is 10.1. The van der Waals surface area contributed by atoms with Gasteiger partial charge >= 0.3 is 0 Å². The SMILES string of the molecule is CN(CC1CCCC1)c1ccc(CCl)cc1Cl. The van der Waals surface area contributed by atoms with E-state index in [1.54, 1.807) is 0 Å². The third kappa shape index (κ3) is 3.29. The Morgan fingerprint density at radius 1 is 1.29 bits per heavy atom. The number of anilines is 1. The van der Waals surface area contributed by atoms with Gasteiger partial charge in [-0.2, -0.15) is 0 Å². The molecule has 1 fully saturated rings. The minimum Gasteiger partial charge on any atom is -0.373 e. The molecular weight excluding hydrogens is 253 g/mol. The molecule has 0 amide bonds. The highest BCUT2D eigenvalue weighted by Gasteiger charge is 2.18. The summed E-state index contributed by atoms with van der Waals surface area (Å²) in [7, 11) is 2.12. The maximum absolute atomic E-state index is 6.29. The van der Waals surface area contributed by atoms with E-state index in [9.17, 15) is 0 Å². The highest BCUT2D eigenvalue weighted by Crippen LogP contribution is 2.30. The quantitative estimate of drug-likeness (QED) is 0.718. The van der Waals surface area contributed by atoms with Gasteiger partial charge in [-0.25, -0.2) is 0 Å². The average Bonchev–Trinajstić information content (AvgIpc) is 2.81. The molecule has 0 aromatic heterocycles. The Labute approximate surface area is 114 Å². The van der Waals surface area contributed by atoms with Gasteiger partial charge in [0.2, 0.25) is 0 Å². The molecule has 17 heavy (non-hydrogen) atoms. The van der Waals surface area contributed by atoms with Crippen LogP contribution in [-0.4, -0.2) is 13.6 Å². The minimum atomic E-state index is 0.520. The van der Waals surface area contributed by atoms with E-state index in [4.69, 9.17) is 23.2 Å². The van der Waals surface area contributed by atoms with Gasteiger partial charge in [-0.3, -0.25) is 0 Å². The first-order valence-electron chi connectivity index (χ1n) is 6.26. The summed E-state index contributed by atoms with van der Waals surface area (Å²) in [6.07, 6.45) is 5.50. The van der Waals surface area contributed by atoms with E-state index < -0.39 is 0 Å². The van der Waals surface area contributed by atoms with Gasteiger partial charge in [-0.1, -0.05) is 30.5 Å². The minimum absolute atomic E-state index is 0.520. The van der Waals surface area contributed by atoms with Crippen molar-refractivity contribution in [2.45, 2.75) is 31.6 Å². The summed E-state index contributed by atoms with van der Waals surface area (Å²) in [5.74, 6) is 1.36. The Bertz CT molecular complexity index is 372. The number of halogens is 2. The molecule has 1 aromatic rings. The molecule has 0 radical (unpaired) electrons. The van der Waals surface area contributed by atoms with Gasteiger partial charge < -0.3 is 4.90 Å². The van der Waals surface area contributed by atoms with Gasteiger partial charge in [0.1, 0.15) is 0 Å². The van der Waals surface area contributed by atoms with E-state index in [-0.39, 0.29) is 0 Å². The molecule has 1 aliphatic rings. The maximum Gasteiger partial charge on any atom is 0.0642 e. The second-order valence-electron chi connectivity index (χ2n) is 4.95. The Kier molecular flexibility index (Phi) is 4.58. The molecule has 0 aliphatic heterocycles. The summed E-state index contributed by atoms with van der Waals surface area (Å²) in [4.78, 5) is 2.27. The molecule has 0 N–H and O–H groups in total. The third-order valence-corrected chi connectivity index (χ3v) is 4.20. The fraction of sp³-hybridized carbons (Fsp3) is 0.571. The largest absolute Gasteiger partial charge is 0.373 e. The van der Waals surface area contributed by atoms with Crippen LogP contribution in [0.15, 0.2) is 18.2 Å². The molecule has 0 unspecified atom stereocenters. The first-order chi connectivity index (χ1) is 8.20. The van der Waals surface area contributed by atoms with Crippen LogP contribution in [-0.2, 0) is 5.88 Å². The second kappa shape index (κ2) is 5.97. The van der Waals surface area contributed by atoms with Crippen molar-refractivity contribution in [2.24, 2.45) is 5.92 Å². The van der Waals surface area contributed by atoms with Gasteiger partial charge in [-0.15, -0.1) is 11.6 Å². The summed E-state index contributed by atoms with van der Waals surface area (Å²) >= 11 is 12.1. The number of benzene rings is 1. The maximum atomic E-state index is 6.29. The molecule has 0 saturated heterocycles. The van der Waals surface area contributed by atoms with Gasteiger partial charge in [0, 0.05) is 19.5 Å². The van der Waals surface area contributed by atoms with Gasteiger partial charge in [-0.05, 0) is 36.5 Å². The van der Waals surface area contributed by atoms with Crippen LogP contribution in [0, 0.1) is 5.92 Å². The molecule has 1 saturated carbocycles. The van der Waals surface area contributed by atoms with Crippen LogP contribution in [0.25, 0.3) is 0 Å². The highest BCUT2D eigenvalue weighted by molar-refractivity contribution is 6.33. The van der Waals surface area contributed by atoms with Crippen molar-refractivity contribution in [2.75, 3.05) is 18.5 Å². The molecule has 3 heteroatoms. The van der Waals surface area contributed by atoms with Gasteiger partial charge in [0.25, 0.3) is 0 Å². The molecule has 1 aromatic carbocycles. The number of hydrogen-bond donors (Lipinski definition) is 0. The number of alkyl halides is 1. The first kappa shape index (κ1) is 13.0. The smallest absolute Gasteiger partial charge is 0.0642 e. The van der Waals surface area contributed by atoms with E-state index in [0.717, 1.165) is 28.7 Å². The lowest BCUT2D eigenvalue weighted by molar-refractivity contribution is 0.547. The monoisotopic (exact) mass is 271 g/mol. The molecule has 1 nitrogen and oxygen atoms in total. The first-order valence-corrected chi connectivity index (χ1v) is 7.17. The van der Waals surface area contributed by atoms with Crippen molar-refractivity contribution in [1.29, 1.82) is 0 Å². The van der Waals surface area contributed by atoms with E-state index >= 15 is 0 Å². The predicted octanol–water partition coefficient (Wildman–Crippen LogP) is 4.71.